The molecule has 0 aliphatic carbocycles. The van der Waals surface area contributed by atoms with Crippen molar-refractivity contribution < 1.29 is 22.7 Å². The number of hydrogen-bond donors (Lipinski definition) is 1. The van der Waals surface area contributed by atoms with Gasteiger partial charge in [-0.3, -0.25) is 9.71 Å². The molecule has 3 rings (SSSR count). The first kappa shape index (κ1) is 19.4. The molecular formula is C18H17BrN2O5S. The van der Waals surface area contributed by atoms with E-state index in [1.165, 1.54) is 6.07 Å². The minimum Gasteiger partial charge on any atom is -0.490 e. The van der Waals surface area contributed by atoms with Crippen molar-refractivity contribution >= 4 is 37.8 Å². The van der Waals surface area contributed by atoms with E-state index >= 15 is 0 Å². The lowest BCUT2D eigenvalue weighted by atomic mass is 10.2. The Kier molecular flexibility index (Phi) is 5.81. The van der Waals surface area contributed by atoms with Gasteiger partial charge in [0.1, 0.15) is 30.8 Å². The van der Waals surface area contributed by atoms with Crippen LogP contribution in [0.25, 0.3) is 0 Å². The normalized spacial score (nSPS) is 17.0. The summed E-state index contributed by atoms with van der Waals surface area (Å²) in [5, 5.41) is 0. The smallest absolute Gasteiger partial charge is 0.330 e. The van der Waals surface area contributed by atoms with Crippen LogP contribution < -0.4 is 9.46 Å². The topological polar surface area (TPSA) is 94.1 Å². The number of rotatable bonds is 6. The molecule has 0 radical (unpaired) electrons. The molecule has 0 saturated carbocycles. The Balaban J connectivity index is 1.55. The highest BCUT2D eigenvalue weighted by Gasteiger charge is 2.31. The van der Waals surface area contributed by atoms with E-state index < -0.39 is 22.0 Å². The van der Waals surface area contributed by atoms with Crippen LogP contribution in [0.2, 0.25) is 0 Å². The Morgan fingerprint density at radius 1 is 1.15 bits per heavy atom. The van der Waals surface area contributed by atoms with Crippen molar-refractivity contribution in [3.8, 4) is 5.75 Å². The Morgan fingerprint density at radius 3 is 2.59 bits per heavy atom. The Labute approximate surface area is 165 Å². The van der Waals surface area contributed by atoms with E-state index in [0.717, 1.165) is 4.47 Å². The molecule has 2 aromatic rings. The van der Waals surface area contributed by atoms with Crippen molar-refractivity contribution in [3.63, 3.8) is 0 Å². The van der Waals surface area contributed by atoms with Gasteiger partial charge in [0.2, 0.25) is 0 Å². The minimum atomic E-state index is -3.64. The molecule has 0 bridgehead atoms. The van der Waals surface area contributed by atoms with E-state index in [1.54, 1.807) is 37.3 Å². The molecule has 1 unspecified atom stereocenters. The lowest BCUT2D eigenvalue weighted by Crippen LogP contribution is -2.27. The van der Waals surface area contributed by atoms with Crippen LogP contribution in [0.15, 0.2) is 62.9 Å². The number of aliphatic imine (C=N–C) groups is 1. The van der Waals surface area contributed by atoms with Gasteiger partial charge in [-0.25, -0.2) is 13.2 Å². The second kappa shape index (κ2) is 8.10. The number of ether oxygens (including phenoxy) is 2. The molecule has 1 atom stereocenters. The largest absolute Gasteiger partial charge is 0.490 e. The van der Waals surface area contributed by atoms with Gasteiger partial charge in [-0.05, 0) is 43.3 Å². The molecular weight excluding hydrogens is 436 g/mol. The number of fused-ring (bicyclic) bond motifs is 1. The highest BCUT2D eigenvalue weighted by atomic mass is 79.9. The molecule has 142 valence electrons. The zero-order chi connectivity index (χ0) is 19.4. The van der Waals surface area contributed by atoms with Crippen molar-refractivity contribution in [2.75, 3.05) is 13.2 Å². The van der Waals surface area contributed by atoms with Gasteiger partial charge in [-0.1, -0.05) is 28.1 Å². The summed E-state index contributed by atoms with van der Waals surface area (Å²) in [5.74, 6) is 0.242. The number of nitrogens with zero attached hydrogens (tertiary/aromatic N) is 1. The molecule has 0 saturated heterocycles. The van der Waals surface area contributed by atoms with Crippen LogP contribution in [0.1, 0.15) is 12.5 Å². The average molecular weight is 453 g/mol. The monoisotopic (exact) mass is 452 g/mol. The SMILES string of the molecule is CC(N=C1NS(=O)(=O)c2ccccc21)C(=O)OCCOc1ccc(Br)cc1. The number of carbonyl (C=O) groups excluding carboxylic acids is 1. The van der Waals surface area contributed by atoms with Crippen molar-refractivity contribution in [2.45, 2.75) is 17.9 Å². The van der Waals surface area contributed by atoms with Gasteiger partial charge in [-0.2, -0.15) is 0 Å². The molecule has 0 amide bonds. The fourth-order valence-corrected chi connectivity index (χ4v) is 3.93. The van der Waals surface area contributed by atoms with Crippen LogP contribution in [-0.2, 0) is 19.6 Å². The van der Waals surface area contributed by atoms with Crippen LogP contribution in [0.5, 0.6) is 5.75 Å². The predicted octanol–water partition coefficient (Wildman–Crippen LogP) is 2.50. The molecule has 1 N–H and O–H groups in total. The summed E-state index contributed by atoms with van der Waals surface area (Å²) in [6.07, 6.45) is 0. The molecule has 0 spiro atoms. The summed E-state index contributed by atoms with van der Waals surface area (Å²) in [4.78, 5) is 16.4. The maximum Gasteiger partial charge on any atom is 0.330 e. The van der Waals surface area contributed by atoms with Crippen molar-refractivity contribution in [2.24, 2.45) is 4.99 Å². The Bertz CT molecular complexity index is 974. The van der Waals surface area contributed by atoms with E-state index in [9.17, 15) is 13.2 Å². The number of halogens is 1. The van der Waals surface area contributed by atoms with Crippen molar-refractivity contribution in [3.05, 3.63) is 58.6 Å². The maximum absolute atomic E-state index is 12.1. The lowest BCUT2D eigenvalue weighted by Gasteiger charge is -2.10. The molecule has 1 aliphatic rings. The summed E-state index contributed by atoms with van der Waals surface area (Å²) in [5.41, 5.74) is 0.440. The number of benzene rings is 2. The van der Waals surface area contributed by atoms with E-state index in [1.807, 2.05) is 12.1 Å². The van der Waals surface area contributed by atoms with Gasteiger partial charge >= 0.3 is 5.97 Å². The van der Waals surface area contributed by atoms with Crippen LogP contribution >= 0.6 is 15.9 Å². The quantitative estimate of drug-likeness (QED) is 0.536. The number of esters is 1. The average Bonchev–Trinajstić information content (AvgIpc) is 2.90. The van der Waals surface area contributed by atoms with Gasteiger partial charge in [0.15, 0.2) is 0 Å². The minimum absolute atomic E-state index is 0.0619. The maximum atomic E-state index is 12.1. The molecule has 1 aliphatic heterocycles. The molecule has 0 fully saturated rings. The second-order valence-corrected chi connectivity index (χ2v) is 8.29. The summed E-state index contributed by atoms with van der Waals surface area (Å²) < 4.78 is 38.0. The molecule has 27 heavy (non-hydrogen) atoms. The number of nitrogens with one attached hydrogen (secondary N) is 1. The molecule has 1 heterocycles. The third-order valence-corrected chi connectivity index (χ3v) is 5.66. The summed E-state index contributed by atoms with van der Waals surface area (Å²) in [6.45, 7) is 1.80. The molecule has 0 aromatic heterocycles. The lowest BCUT2D eigenvalue weighted by molar-refractivity contribution is -0.145. The number of sulfonamides is 1. The van der Waals surface area contributed by atoms with E-state index in [-0.39, 0.29) is 23.9 Å². The molecule has 7 nitrogen and oxygen atoms in total. The van der Waals surface area contributed by atoms with E-state index in [4.69, 9.17) is 9.47 Å². The summed E-state index contributed by atoms with van der Waals surface area (Å²) >= 11 is 3.34. The standard InChI is InChI=1S/C18H17BrN2O5S/c1-12(18(22)26-11-10-25-14-8-6-13(19)7-9-14)20-17-15-4-2-3-5-16(15)27(23,24)21-17/h2-9,12H,10-11H2,1H3,(H,20,21). The number of amidine groups is 1. The summed E-state index contributed by atoms with van der Waals surface area (Å²) in [6, 6.07) is 12.9. The van der Waals surface area contributed by atoms with Crippen molar-refractivity contribution in [1.29, 1.82) is 0 Å². The van der Waals surface area contributed by atoms with Gasteiger partial charge in [0.25, 0.3) is 10.0 Å². The number of carbonyl (C=O) groups is 1. The zero-order valence-corrected chi connectivity index (χ0v) is 16.8. The Hall–Kier alpha value is -2.39. The van der Waals surface area contributed by atoms with Crippen LogP contribution in [-0.4, -0.2) is 39.5 Å². The van der Waals surface area contributed by atoms with E-state index in [0.29, 0.717) is 11.3 Å². The van der Waals surface area contributed by atoms with Crippen LogP contribution in [0, 0.1) is 0 Å². The third-order valence-electron chi connectivity index (χ3n) is 3.74. The zero-order valence-electron chi connectivity index (χ0n) is 14.4. The van der Waals surface area contributed by atoms with Gasteiger partial charge < -0.3 is 9.47 Å². The highest BCUT2D eigenvalue weighted by molar-refractivity contribution is 9.10. The van der Waals surface area contributed by atoms with Gasteiger partial charge in [0.05, 0.1) is 4.90 Å². The molecule has 9 heteroatoms. The van der Waals surface area contributed by atoms with Crippen LogP contribution in [0.4, 0.5) is 0 Å². The predicted molar refractivity (Wildman–Crippen MR) is 103 cm³/mol. The summed E-state index contributed by atoms with van der Waals surface area (Å²) in [7, 11) is -3.64. The first-order chi connectivity index (χ1) is 12.9. The number of hydrogen-bond acceptors (Lipinski definition) is 6. The van der Waals surface area contributed by atoms with Crippen LogP contribution in [0.3, 0.4) is 0 Å². The fourth-order valence-electron chi connectivity index (χ4n) is 2.43. The van der Waals surface area contributed by atoms with E-state index in [2.05, 4.69) is 25.6 Å². The first-order valence-electron chi connectivity index (χ1n) is 8.12. The van der Waals surface area contributed by atoms with Gasteiger partial charge in [0, 0.05) is 10.0 Å². The molecule has 2 aromatic carbocycles. The third kappa shape index (κ3) is 4.67. The highest BCUT2D eigenvalue weighted by Crippen LogP contribution is 2.22. The second-order valence-electron chi connectivity index (χ2n) is 5.73. The first-order valence-corrected chi connectivity index (χ1v) is 10.4. The fraction of sp³-hybridized carbons (Fsp3) is 0.222. The van der Waals surface area contributed by atoms with Gasteiger partial charge in [-0.15, -0.1) is 0 Å². The van der Waals surface area contributed by atoms with Crippen molar-refractivity contribution in [1.82, 2.24) is 4.72 Å². The Morgan fingerprint density at radius 2 is 1.85 bits per heavy atom.